The van der Waals surface area contributed by atoms with Gasteiger partial charge in [-0.15, -0.1) is 0 Å². The minimum atomic E-state index is 0.214. The fourth-order valence-corrected chi connectivity index (χ4v) is 2.83. The van der Waals surface area contributed by atoms with Gasteiger partial charge >= 0.3 is 0 Å². The molecule has 0 aliphatic rings. The van der Waals surface area contributed by atoms with Gasteiger partial charge in [0.15, 0.2) is 0 Å². The van der Waals surface area contributed by atoms with E-state index in [4.69, 9.17) is 0 Å². The van der Waals surface area contributed by atoms with Crippen LogP contribution >= 0.6 is 11.8 Å². The number of carbonyl (C=O) groups excluding carboxylic acids is 1. The highest BCUT2D eigenvalue weighted by atomic mass is 32.2. The maximum atomic E-state index is 11.9. The van der Waals surface area contributed by atoms with Crippen LogP contribution in [0.4, 0.5) is 0 Å². The van der Waals surface area contributed by atoms with E-state index in [1.165, 1.54) is 55.9 Å². The SMILES string of the molecule is CCCCCCCCCSC(=O)c1ccc(C)cc1. The van der Waals surface area contributed by atoms with Gasteiger partial charge < -0.3 is 0 Å². The van der Waals surface area contributed by atoms with E-state index < -0.39 is 0 Å². The molecule has 0 aliphatic heterocycles. The van der Waals surface area contributed by atoms with Crippen LogP contribution in [0.1, 0.15) is 67.8 Å². The first kappa shape index (κ1) is 16.3. The Labute approximate surface area is 122 Å². The molecule has 0 amide bonds. The molecule has 2 heteroatoms. The normalized spacial score (nSPS) is 10.6. The van der Waals surface area contributed by atoms with E-state index in [0.29, 0.717) is 0 Å². The molecule has 19 heavy (non-hydrogen) atoms. The van der Waals surface area contributed by atoms with Crippen LogP contribution in [0, 0.1) is 6.92 Å². The van der Waals surface area contributed by atoms with Crippen LogP contribution < -0.4 is 0 Å². The lowest BCUT2D eigenvalue weighted by atomic mass is 10.1. The number of rotatable bonds is 9. The summed E-state index contributed by atoms with van der Waals surface area (Å²) in [5.41, 5.74) is 2.03. The fraction of sp³-hybridized carbons (Fsp3) is 0.588. The Hall–Kier alpha value is -0.760. The maximum absolute atomic E-state index is 11.9. The summed E-state index contributed by atoms with van der Waals surface area (Å²) in [6, 6.07) is 7.86. The van der Waals surface area contributed by atoms with Crippen LogP contribution in [0.25, 0.3) is 0 Å². The molecule has 0 unspecified atom stereocenters. The van der Waals surface area contributed by atoms with Crippen LogP contribution in [0.5, 0.6) is 0 Å². The lowest BCUT2D eigenvalue weighted by molar-refractivity contribution is 0.108. The Kier molecular flexibility index (Phi) is 8.64. The Morgan fingerprint density at radius 2 is 1.53 bits per heavy atom. The average Bonchev–Trinajstić information content (AvgIpc) is 2.42. The standard InChI is InChI=1S/C17H26OS/c1-3-4-5-6-7-8-9-14-19-17(18)16-12-10-15(2)11-13-16/h10-13H,3-9,14H2,1-2H3. The highest BCUT2D eigenvalue weighted by Gasteiger charge is 2.05. The summed E-state index contributed by atoms with van der Waals surface area (Å²) in [5, 5.41) is 0.214. The molecule has 0 radical (unpaired) electrons. The summed E-state index contributed by atoms with van der Waals surface area (Å²) in [4.78, 5) is 11.9. The zero-order valence-corrected chi connectivity index (χ0v) is 13.1. The first-order chi connectivity index (χ1) is 9.24. The summed E-state index contributed by atoms with van der Waals surface area (Å²) < 4.78 is 0. The van der Waals surface area contributed by atoms with Crippen molar-refractivity contribution in [2.24, 2.45) is 0 Å². The van der Waals surface area contributed by atoms with E-state index in [2.05, 4.69) is 6.92 Å². The maximum Gasteiger partial charge on any atom is 0.219 e. The molecule has 106 valence electrons. The van der Waals surface area contributed by atoms with Gasteiger partial charge in [-0.2, -0.15) is 0 Å². The average molecular weight is 278 g/mol. The van der Waals surface area contributed by atoms with Gasteiger partial charge in [0.05, 0.1) is 0 Å². The van der Waals surface area contributed by atoms with Gasteiger partial charge in [0.2, 0.25) is 5.12 Å². The lowest BCUT2D eigenvalue weighted by Crippen LogP contribution is -1.95. The van der Waals surface area contributed by atoms with Crippen molar-refractivity contribution < 1.29 is 4.79 Å². The van der Waals surface area contributed by atoms with Gasteiger partial charge in [-0.05, 0) is 13.3 Å². The van der Waals surface area contributed by atoms with E-state index in [-0.39, 0.29) is 5.12 Å². The molecular formula is C17H26OS. The molecule has 0 bridgehead atoms. The lowest BCUT2D eigenvalue weighted by Gasteiger charge is -2.02. The van der Waals surface area contributed by atoms with Crippen LogP contribution in [-0.2, 0) is 0 Å². The molecule has 0 saturated carbocycles. The van der Waals surface area contributed by atoms with Gasteiger partial charge in [0.1, 0.15) is 0 Å². The molecule has 0 N–H and O–H groups in total. The summed E-state index contributed by atoms with van der Waals surface area (Å²) in [6.45, 7) is 4.28. The zero-order chi connectivity index (χ0) is 13.9. The number of thioether (sulfide) groups is 1. The van der Waals surface area contributed by atoms with E-state index in [1.54, 1.807) is 0 Å². The monoisotopic (exact) mass is 278 g/mol. The molecule has 0 saturated heterocycles. The number of hydrogen-bond donors (Lipinski definition) is 0. The third-order valence-corrected chi connectivity index (χ3v) is 4.26. The molecule has 1 nitrogen and oxygen atoms in total. The molecule has 1 aromatic rings. The van der Waals surface area contributed by atoms with Crippen LogP contribution in [0.2, 0.25) is 0 Å². The molecular weight excluding hydrogens is 252 g/mol. The van der Waals surface area contributed by atoms with Crippen molar-refractivity contribution in [3.05, 3.63) is 35.4 Å². The van der Waals surface area contributed by atoms with Gasteiger partial charge in [-0.3, -0.25) is 4.79 Å². The Balaban J connectivity index is 2.06. The van der Waals surface area contributed by atoms with Gasteiger partial charge in [0, 0.05) is 11.3 Å². The predicted molar refractivity (Wildman–Crippen MR) is 86.0 cm³/mol. The molecule has 1 rings (SSSR count). The Morgan fingerprint density at radius 1 is 0.947 bits per heavy atom. The quantitative estimate of drug-likeness (QED) is 0.545. The summed E-state index contributed by atoms with van der Waals surface area (Å²) in [5.74, 6) is 0.959. The molecule has 0 fully saturated rings. The third kappa shape index (κ3) is 7.41. The van der Waals surface area contributed by atoms with E-state index >= 15 is 0 Å². The first-order valence-electron chi connectivity index (χ1n) is 7.48. The number of aryl methyl sites for hydroxylation is 1. The highest BCUT2D eigenvalue weighted by Crippen LogP contribution is 2.16. The minimum Gasteiger partial charge on any atom is -0.282 e. The smallest absolute Gasteiger partial charge is 0.219 e. The second-order valence-electron chi connectivity index (χ2n) is 5.12. The Morgan fingerprint density at radius 3 is 2.16 bits per heavy atom. The van der Waals surface area contributed by atoms with Crippen molar-refractivity contribution in [1.29, 1.82) is 0 Å². The second-order valence-corrected chi connectivity index (χ2v) is 6.19. The topological polar surface area (TPSA) is 17.1 Å². The zero-order valence-electron chi connectivity index (χ0n) is 12.3. The summed E-state index contributed by atoms with van der Waals surface area (Å²) >= 11 is 1.46. The number of hydrogen-bond acceptors (Lipinski definition) is 2. The van der Waals surface area contributed by atoms with Crippen molar-refractivity contribution >= 4 is 16.9 Å². The fourth-order valence-electron chi connectivity index (χ4n) is 2.00. The number of benzene rings is 1. The minimum absolute atomic E-state index is 0.214. The van der Waals surface area contributed by atoms with Gasteiger partial charge in [-0.25, -0.2) is 0 Å². The predicted octanol–water partition coefficient (Wildman–Crippen LogP) is 5.62. The van der Waals surface area contributed by atoms with Crippen LogP contribution in [0.3, 0.4) is 0 Å². The molecule has 0 heterocycles. The third-order valence-electron chi connectivity index (χ3n) is 3.27. The highest BCUT2D eigenvalue weighted by molar-refractivity contribution is 8.14. The molecule has 0 atom stereocenters. The van der Waals surface area contributed by atoms with Crippen LogP contribution in [0.15, 0.2) is 24.3 Å². The largest absolute Gasteiger partial charge is 0.282 e. The van der Waals surface area contributed by atoms with Crippen LogP contribution in [-0.4, -0.2) is 10.9 Å². The van der Waals surface area contributed by atoms with E-state index in [9.17, 15) is 4.79 Å². The van der Waals surface area contributed by atoms with Gasteiger partial charge in [-0.1, -0.05) is 87.0 Å². The number of unbranched alkanes of at least 4 members (excludes halogenated alkanes) is 6. The number of carbonyl (C=O) groups is 1. The van der Waals surface area contributed by atoms with Crippen molar-refractivity contribution in [3.8, 4) is 0 Å². The molecule has 1 aromatic carbocycles. The molecule has 0 aromatic heterocycles. The van der Waals surface area contributed by atoms with Gasteiger partial charge in [0.25, 0.3) is 0 Å². The van der Waals surface area contributed by atoms with Crippen molar-refractivity contribution in [3.63, 3.8) is 0 Å². The van der Waals surface area contributed by atoms with Crippen molar-refractivity contribution in [2.75, 3.05) is 5.75 Å². The van der Waals surface area contributed by atoms with Crippen molar-refractivity contribution in [2.45, 2.75) is 58.8 Å². The van der Waals surface area contributed by atoms with Crippen molar-refractivity contribution in [1.82, 2.24) is 0 Å². The second kappa shape index (κ2) is 10.1. The van der Waals surface area contributed by atoms with E-state index in [0.717, 1.165) is 17.7 Å². The molecule has 0 aliphatic carbocycles. The first-order valence-corrected chi connectivity index (χ1v) is 8.46. The van der Waals surface area contributed by atoms with E-state index in [1.807, 2.05) is 31.2 Å². The summed E-state index contributed by atoms with van der Waals surface area (Å²) in [6.07, 6.45) is 9.13. The Bertz CT molecular complexity index is 356. The summed E-state index contributed by atoms with van der Waals surface area (Å²) in [7, 11) is 0. The molecule has 0 spiro atoms.